The monoisotopic (exact) mass is 251 g/mol. The molecule has 0 saturated carbocycles. The first-order valence-electron chi connectivity index (χ1n) is 6.68. The van der Waals surface area contributed by atoms with Crippen LogP contribution in [0.1, 0.15) is 26.3 Å². The number of likely N-dealkylation sites (N-methyl/N-ethyl adjacent to an activating group) is 1. The van der Waals surface area contributed by atoms with Crippen molar-refractivity contribution in [1.29, 1.82) is 0 Å². The van der Waals surface area contributed by atoms with Gasteiger partial charge in [-0.15, -0.1) is 0 Å². The second kappa shape index (κ2) is 8.06. The molecule has 0 atom stereocenters. The van der Waals surface area contributed by atoms with Crippen LogP contribution in [0.25, 0.3) is 0 Å². The summed E-state index contributed by atoms with van der Waals surface area (Å²) >= 11 is 0. The number of rotatable bonds is 8. The van der Waals surface area contributed by atoms with Gasteiger partial charge in [0, 0.05) is 25.8 Å². The van der Waals surface area contributed by atoms with Gasteiger partial charge in [0.2, 0.25) is 0 Å². The summed E-state index contributed by atoms with van der Waals surface area (Å²) in [5.74, 6) is 1.59. The molecular formula is C14H25N3O. The molecule has 18 heavy (non-hydrogen) atoms. The van der Waals surface area contributed by atoms with Crippen molar-refractivity contribution in [2.24, 2.45) is 5.92 Å². The number of hydrogen-bond acceptors (Lipinski definition) is 4. The van der Waals surface area contributed by atoms with Crippen molar-refractivity contribution in [1.82, 2.24) is 10.3 Å². The molecule has 0 aliphatic heterocycles. The minimum atomic E-state index is 0.160. The van der Waals surface area contributed by atoms with Crippen LogP contribution in [0.4, 0.5) is 5.82 Å². The summed E-state index contributed by atoms with van der Waals surface area (Å²) in [6.07, 6.45) is 1.91. The maximum Gasteiger partial charge on any atom is 0.128 e. The molecule has 0 aliphatic carbocycles. The molecule has 4 heteroatoms. The molecule has 4 nitrogen and oxygen atoms in total. The fourth-order valence-corrected chi connectivity index (χ4v) is 1.77. The molecule has 0 unspecified atom stereocenters. The van der Waals surface area contributed by atoms with E-state index in [4.69, 9.17) is 5.11 Å². The lowest BCUT2D eigenvalue weighted by molar-refractivity contribution is 0.302. The van der Waals surface area contributed by atoms with Crippen molar-refractivity contribution >= 4 is 5.82 Å². The van der Waals surface area contributed by atoms with Gasteiger partial charge < -0.3 is 15.3 Å². The highest BCUT2D eigenvalue weighted by Gasteiger charge is 2.04. The molecule has 0 spiro atoms. The molecule has 0 saturated heterocycles. The highest BCUT2D eigenvalue weighted by atomic mass is 16.3. The number of aliphatic hydroxyl groups excluding tert-OH is 1. The Bertz CT molecular complexity index is 324. The Labute approximate surface area is 110 Å². The summed E-state index contributed by atoms with van der Waals surface area (Å²) in [5, 5.41) is 12.4. The van der Waals surface area contributed by atoms with Gasteiger partial charge in [0.1, 0.15) is 5.82 Å². The summed E-state index contributed by atoms with van der Waals surface area (Å²) in [7, 11) is 0. The van der Waals surface area contributed by atoms with Gasteiger partial charge in [-0.1, -0.05) is 19.9 Å². The van der Waals surface area contributed by atoms with Crippen molar-refractivity contribution in [2.45, 2.75) is 27.3 Å². The van der Waals surface area contributed by atoms with Gasteiger partial charge in [0.15, 0.2) is 0 Å². The number of anilines is 1. The molecule has 0 aliphatic rings. The lowest BCUT2D eigenvalue weighted by Crippen LogP contribution is -2.27. The highest BCUT2D eigenvalue weighted by Crippen LogP contribution is 2.10. The first kappa shape index (κ1) is 14.9. The number of pyridine rings is 1. The van der Waals surface area contributed by atoms with Gasteiger partial charge >= 0.3 is 0 Å². The van der Waals surface area contributed by atoms with Crippen molar-refractivity contribution in [3.05, 3.63) is 23.9 Å². The fourth-order valence-electron chi connectivity index (χ4n) is 1.77. The quantitative estimate of drug-likeness (QED) is 0.737. The predicted molar refractivity (Wildman–Crippen MR) is 75.8 cm³/mol. The molecule has 1 aromatic rings. The molecule has 1 aromatic heterocycles. The summed E-state index contributed by atoms with van der Waals surface area (Å²) in [6, 6.07) is 4.11. The molecule has 102 valence electrons. The van der Waals surface area contributed by atoms with Crippen LogP contribution in [0, 0.1) is 5.92 Å². The van der Waals surface area contributed by atoms with Gasteiger partial charge in [0.25, 0.3) is 0 Å². The minimum Gasteiger partial charge on any atom is -0.395 e. The van der Waals surface area contributed by atoms with Crippen LogP contribution in [-0.4, -0.2) is 36.3 Å². The van der Waals surface area contributed by atoms with Crippen LogP contribution in [-0.2, 0) is 6.54 Å². The maximum atomic E-state index is 8.97. The van der Waals surface area contributed by atoms with Gasteiger partial charge in [-0.2, -0.15) is 0 Å². The molecule has 0 fully saturated rings. The van der Waals surface area contributed by atoms with E-state index in [0.717, 1.165) is 25.5 Å². The van der Waals surface area contributed by atoms with E-state index in [1.165, 1.54) is 5.56 Å². The van der Waals surface area contributed by atoms with E-state index in [0.29, 0.717) is 12.5 Å². The molecule has 2 N–H and O–H groups in total. The molecule has 1 heterocycles. The third kappa shape index (κ3) is 5.02. The number of aromatic nitrogens is 1. The fraction of sp³-hybridized carbons (Fsp3) is 0.643. The third-order valence-electron chi connectivity index (χ3n) is 2.77. The van der Waals surface area contributed by atoms with Gasteiger partial charge in [-0.05, 0) is 31.0 Å². The molecule has 1 rings (SSSR count). The summed E-state index contributed by atoms with van der Waals surface area (Å²) in [4.78, 5) is 6.50. The first-order chi connectivity index (χ1) is 8.67. The lowest BCUT2D eigenvalue weighted by atomic mass is 10.2. The van der Waals surface area contributed by atoms with Crippen LogP contribution in [0.5, 0.6) is 0 Å². The Balaban J connectivity index is 2.50. The number of aliphatic hydroxyl groups is 1. The largest absolute Gasteiger partial charge is 0.395 e. The van der Waals surface area contributed by atoms with Crippen molar-refractivity contribution in [3.8, 4) is 0 Å². The standard InChI is InChI=1S/C14H25N3O/c1-4-17(7-8-18)14-6-5-13(11-16-14)10-15-9-12(2)3/h5-6,11-12,15,18H,4,7-10H2,1-3H3. The van der Waals surface area contributed by atoms with E-state index in [2.05, 4.69) is 42.0 Å². The van der Waals surface area contributed by atoms with E-state index in [-0.39, 0.29) is 6.61 Å². The SMILES string of the molecule is CCN(CCO)c1ccc(CNCC(C)C)cn1. The van der Waals surface area contributed by atoms with E-state index in [1.807, 2.05) is 12.3 Å². The third-order valence-corrected chi connectivity index (χ3v) is 2.77. The van der Waals surface area contributed by atoms with Crippen molar-refractivity contribution < 1.29 is 5.11 Å². The van der Waals surface area contributed by atoms with E-state index >= 15 is 0 Å². The molecular weight excluding hydrogens is 226 g/mol. The Morgan fingerprint density at radius 2 is 2.17 bits per heavy atom. The summed E-state index contributed by atoms with van der Waals surface area (Å²) < 4.78 is 0. The van der Waals surface area contributed by atoms with Crippen molar-refractivity contribution in [2.75, 3.05) is 31.1 Å². The predicted octanol–water partition coefficient (Wildman–Crippen LogP) is 1.65. The number of hydrogen-bond donors (Lipinski definition) is 2. The van der Waals surface area contributed by atoms with Crippen molar-refractivity contribution in [3.63, 3.8) is 0 Å². The summed E-state index contributed by atoms with van der Waals surface area (Å²) in [6.45, 7) is 9.99. The van der Waals surface area contributed by atoms with Gasteiger partial charge in [-0.3, -0.25) is 0 Å². The first-order valence-corrected chi connectivity index (χ1v) is 6.68. The Hall–Kier alpha value is -1.13. The van der Waals surface area contributed by atoms with Gasteiger partial charge in [-0.25, -0.2) is 4.98 Å². The average molecular weight is 251 g/mol. The van der Waals surface area contributed by atoms with E-state index in [9.17, 15) is 0 Å². The van der Waals surface area contributed by atoms with Crippen LogP contribution < -0.4 is 10.2 Å². The average Bonchev–Trinajstić information content (AvgIpc) is 2.36. The molecule has 0 amide bonds. The topological polar surface area (TPSA) is 48.4 Å². The maximum absolute atomic E-state index is 8.97. The molecule has 0 aromatic carbocycles. The molecule has 0 radical (unpaired) electrons. The number of nitrogens with zero attached hydrogens (tertiary/aromatic N) is 2. The van der Waals surface area contributed by atoms with Crippen LogP contribution >= 0.6 is 0 Å². The highest BCUT2D eigenvalue weighted by molar-refractivity contribution is 5.39. The minimum absolute atomic E-state index is 0.160. The second-order valence-corrected chi connectivity index (χ2v) is 4.85. The Kier molecular flexibility index (Phi) is 6.68. The lowest BCUT2D eigenvalue weighted by Gasteiger charge is -2.20. The zero-order valence-electron chi connectivity index (χ0n) is 11.7. The van der Waals surface area contributed by atoms with Gasteiger partial charge in [0.05, 0.1) is 6.61 Å². The number of nitrogens with one attached hydrogen (secondary N) is 1. The van der Waals surface area contributed by atoms with E-state index < -0.39 is 0 Å². The summed E-state index contributed by atoms with van der Waals surface area (Å²) in [5.41, 5.74) is 1.19. The normalized spacial score (nSPS) is 10.9. The molecule has 0 bridgehead atoms. The smallest absolute Gasteiger partial charge is 0.128 e. The van der Waals surface area contributed by atoms with E-state index in [1.54, 1.807) is 0 Å². The van der Waals surface area contributed by atoms with Crippen LogP contribution in [0.15, 0.2) is 18.3 Å². The Morgan fingerprint density at radius 1 is 1.39 bits per heavy atom. The van der Waals surface area contributed by atoms with Crippen LogP contribution in [0.3, 0.4) is 0 Å². The zero-order valence-corrected chi connectivity index (χ0v) is 11.7. The Morgan fingerprint density at radius 3 is 2.67 bits per heavy atom. The second-order valence-electron chi connectivity index (χ2n) is 4.85. The van der Waals surface area contributed by atoms with Crippen LogP contribution in [0.2, 0.25) is 0 Å². The zero-order chi connectivity index (χ0) is 13.4.